The SMILES string of the molecule is NCc1nc(CC(=O)NC2CCCC2)cs1. The van der Waals surface area contributed by atoms with Crippen LogP contribution >= 0.6 is 11.3 Å². The Morgan fingerprint density at radius 1 is 1.56 bits per heavy atom. The van der Waals surface area contributed by atoms with Crippen LogP contribution in [0.4, 0.5) is 0 Å². The molecule has 1 fully saturated rings. The third-order valence-electron chi connectivity index (χ3n) is 2.84. The number of nitrogens with one attached hydrogen (secondary N) is 1. The average molecular weight is 239 g/mol. The van der Waals surface area contributed by atoms with Gasteiger partial charge in [0.2, 0.25) is 5.91 Å². The molecule has 88 valence electrons. The number of nitrogens with two attached hydrogens (primary N) is 1. The van der Waals surface area contributed by atoms with E-state index in [1.165, 1.54) is 24.2 Å². The third-order valence-corrected chi connectivity index (χ3v) is 3.76. The van der Waals surface area contributed by atoms with Crippen molar-refractivity contribution in [2.24, 2.45) is 5.73 Å². The predicted molar refractivity (Wildman–Crippen MR) is 64.1 cm³/mol. The van der Waals surface area contributed by atoms with Crippen molar-refractivity contribution in [3.63, 3.8) is 0 Å². The Morgan fingerprint density at radius 3 is 2.94 bits per heavy atom. The van der Waals surface area contributed by atoms with Crippen molar-refractivity contribution in [3.05, 3.63) is 16.1 Å². The molecular weight excluding hydrogens is 222 g/mol. The zero-order valence-electron chi connectivity index (χ0n) is 9.24. The van der Waals surface area contributed by atoms with Crippen molar-refractivity contribution >= 4 is 17.2 Å². The monoisotopic (exact) mass is 239 g/mol. The summed E-state index contributed by atoms with van der Waals surface area (Å²) in [7, 11) is 0. The van der Waals surface area contributed by atoms with Gasteiger partial charge in [-0.25, -0.2) is 4.98 Å². The minimum atomic E-state index is 0.0840. The number of thiazole rings is 1. The summed E-state index contributed by atoms with van der Waals surface area (Å²) in [6.45, 7) is 0.453. The minimum absolute atomic E-state index is 0.0840. The van der Waals surface area contributed by atoms with E-state index in [0.29, 0.717) is 19.0 Å². The molecule has 0 radical (unpaired) electrons. The number of aromatic nitrogens is 1. The molecule has 2 rings (SSSR count). The molecule has 1 aliphatic carbocycles. The van der Waals surface area contributed by atoms with Crippen LogP contribution in [0.2, 0.25) is 0 Å². The first kappa shape index (κ1) is 11.5. The topological polar surface area (TPSA) is 68.0 Å². The van der Waals surface area contributed by atoms with Gasteiger partial charge in [-0.1, -0.05) is 12.8 Å². The third kappa shape index (κ3) is 3.02. The van der Waals surface area contributed by atoms with Gasteiger partial charge in [0, 0.05) is 18.0 Å². The molecule has 0 aromatic carbocycles. The van der Waals surface area contributed by atoms with Crippen LogP contribution < -0.4 is 11.1 Å². The van der Waals surface area contributed by atoms with Crippen molar-refractivity contribution in [2.45, 2.75) is 44.7 Å². The highest BCUT2D eigenvalue weighted by atomic mass is 32.1. The number of nitrogens with zero attached hydrogens (tertiary/aromatic N) is 1. The molecule has 4 nitrogen and oxygen atoms in total. The molecule has 1 saturated carbocycles. The van der Waals surface area contributed by atoms with E-state index >= 15 is 0 Å². The molecule has 5 heteroatoms. The van der Waals surface area contributed by atoms with Crippen LogP contribution in [0.5, 0.6) is 0 Å². The van der Waals surface area contributed by atoms with E-state index in [0.717, 1.165) is 23.5 Å². The quantitative estimate of drug-likeness (QED) is 0.829. The van der Waals surface area contributed by atoms with Crippen LogP contribution in [-0.4, -0.2) is 16.9 Å². The van der Waals surface area contributed by atoms with Crippen LogP contribution in [0, 0.1) is 0 Å². The number of hydrogen-bond donors (Lipinski definition) is 2. The normalized spacial score (nSPS) is 16.6. The Morgan fingerprint density at radius 2 is 2.31 bits per heavy atom. The summed E-state index contributed by atoms with van der Waals surface area (Å²) in [5, 5.41) is 5.85. The number of amides is 1. The number of rotatable bonds is 4. The van der Waals surface area contributed by atoms with Gasteiger partial charge in [-0.2, -0.15) is 0 Å². The summed E-state index contributed by atoms with van der Waals surface area (Å²) < 4.78 is 0. The van der Waals surface area contributed by atoms with E-state index in [2.05, 4.69) is 10.3 Å². The summed E-state index contributed by atoms with van der Waals surface area (Å²) in [5.41, 5.74) is 6.31. The van der Waals surface area contributed by atoms with E-state index in [9.17, 15) is 4.79 Å². The Labute approximate surface area is 99.3 Å². The summed E-state index contributed by atoms with van der Waals surface area (Å²) in [4.78, 5) is 16.0. The molecular formula is C11H17N3OS. The molecule has 0 bridgehead atoms. The fourth-order valence-corrected chi connectivity index (χ4v) is 2.71. The van der Waals surface area contributed by atoms with Gasteiger partial charge in [-0.05, 0) is 12.8 Å². The molecule has 1 heterocycles. The average Bonchev–Trinajstić information content (AvgIpc) is 2.89. The molecule has 1 aromatic rings. The lowest BCUT2D eigenvalue weighted by Gasteiger charge is -2.10. The molecule has 0 atom stereocenters. The van der Waals surface area contributed by atoms with Gasteiger partial charge in [0.1, 0.15) is 5.01 Å². The fourth-order valence-electron chi connectivity index (χ4n) is 2.04. The van der Waals surface area contributed by atoms with Crippen molar-refractivity contribution in [1.29, 1.82) is 0 Å². The Hall–Kier alpha value is -0.940. The van der Waals surface area contributed by atoms with Gasteiger partial charge in [-0.15, -0.1) is 11.3 Å². The van der Waals surface area contributed by atoms with Gasteiger partial charge in [0.05, 0.1) is 12.1 Å². The maximum Gasteiger partial charge on any atom is 0.226 e. The van der Waals surface area contributed by atoms with Crippen LogP contribution in [0.25, 0.3) is 0 Å². The predicted octanol–water partition coefficient (Wildman–Crippen LogP) is 1.20. The van der Waals surface area contributed by atoms with Crippen molar-refractivity contribution < 1.29 is 4.79 Å². The van der Waals surface area contributed by atoms with Crippen molar-refractivity contribution in [2.75, 3.05) is 0 Å². The van der Waals surface area contributed by atoms with Gasteiger partial charge >= 0.3 is 0 Å². The zero-order chi connectivity index (χ0) is 11.4. The Bertz CT molecular complexity index is 358. The highest BCUT2D eigenvalue weighted by molar-refractivity contribution is 7.09. The van der Waals surface area contributed by atoms with Crippen LogP contribution in [-0.2, 0) is 17.8 Å². The highest BCUT2D eigenvalue weighted by Gasteiger charge is 2.17. The summed E-state index contributed by atoms with van der Waals surface area (Å²) in [5.74, 6) is 0.0840. The van der Waals surface area contributed by atoms with Crippen molar-refractivity contribution in [3.8, 4) is 0 Å². The molecule has 1 aromatic heterocycles. The zero-order valence-corrected chi connectivity index (χ0v) is 10.1. The van der Waals surface area contributed by atoms with E-state index in [-0.39, 0.29) is 5.91 Å². The molecule has 1 aliphatic rings. The molecule has 0 aliphatic heterocycles. The van der Waals surface area contributed by atoms with Crippen molar-refractivity contribution in [1.82, 2.24) is 10.3 Å². The van der Waals surface area contributed by atoms with E-state index in [4.69, 9.17) is 5.73 Å². The van der Waals surface area contributed by atoms with Gasteiger partial charge < -0.3 is 11.1 Å². The number of hydrogen-bond acceptors (Lipinski definition) is 4. The van der Waals surface area contributed by atoms with E-state index in [1.807, 2.05) is 5.38 Å². The Balaban J connectivity index is 1.81. The van der Waals surface area contributed by atoms with Crippen LogP contribution in [0.15, 0.2) is 5.38 Å². The molecule has 0 unspecified atom stereocenters. The first-order valence-electron chi connectivity index (χ1n) is 5.70. The van der Waals surface area contributed by atoms with E-state index < -0.39 is 0 Å². The van der Waals surface area contributed by atoms with Crippen LogP contribution in [0.1, 0.15) is 36.4 Å². The second kappa shape index (κ2) is 5.41. The van der Waals surface area contributed by atoms with Gasteiger partial charge in [0.25, 0.3) is 0 Å². The standard InChI is InChI=1S/C11H17N3OS/c12-6-11-14-9(7-16-11)5-10(15)13-8-3-1-2-4-8/h7-8H,1-6,12H2,(H,13,15). The molecule has 16 heavy (non-hydrogen) atoms. The molecule has 3 N–H and O–H groups in total. The lowest BCUT2D eigenvalue weighted by atomic mass is 10.2. The van der Waals surface area contributed by atoms with Gasteiger partial charge in [0.15, 0.2) is 0 Å². The highest BCUT2D eigenvalue weighted by Crippen LogP contribution is 2.17. The second-order valence-corrected chi connectivity index (χ2v) is 5.11. The van der Waals surface area contributed by atoms with Gasteiger partial charge in [-0.3, -0.25) is 4.79 Å². The lowest BCUT2D eigenvalue weighted by Crippen LogP contribution is -2.33. The number of carbonyl (C=O) groups is 1. The number of carbonyl (C=O) groups excluding carboxylic acids is 1. The molecule has 0 saturated heterocycles. The maximum absolute atomic E-state index is 11.7. The van der Waals surface area contributed by atoms with E-state index in [1.54, 1.807) is 0 Å². The second-order valence-electron chi connectivity index (χ2n) is 4.16. The van der Waals surface area contributed by atoms with Crippen LogP contribution in [0.3, 0.4) is 0 Å². The Kier molecular flexibility index (Phi) is 3.90. The fraction of sp³-hybridized carbons (Fsp3) is 0.636. The molecule has 0 spiro atoms. The first-order valence-corrected chi connectivity index (χ1v) is 6.58. The minimum Gasteiger partial charge on any atom is -0.353 e. The molecule has 1 amide bonds. The first-order chi connectivity index (χ1) is 7.78. The maximum atomic E-state index is 11.7. The largest absolute Gasteiger partial charge is 0.353 e. The summed E-state index contributed by atoms with van der Waals surface area (Å²) in [6, 6.07) is 0.389. The summed E-state index contributed by atoms with van der Waals surface area (Å²) >= 11 is 1.52. The summed E-state index contributed by atoms with van der Waals surface area (Å²) in [6.07, 6.45) is 5.10. The smallest absolute Gasteiger partial charge is 0.226 e. The lowest BCUT2D eigenvalue weighted by molar-refractivity contribution is -0.121.